The quantitative estimate of drug-likeness (QED) is 0.528. The van der Waals surface area contributed by atoms with Crippen molar-refractivity contribution in [1.82, 2.24) is 10.3 Å². The Bertz CT molecular complexity index is 779. The third-order valence-electron chi connectivity index (χ3n) is 3.68. The molecule has 0 saturated carbocycles. The van der Waals surface area contributed by atoms with E-state index in [2.05, 4.69) is 10.5 Å². The molecule has 124 valence electrons. The molecule has 0 radical (unpaired) electrons. The molecule has 1 aliphatic rings. The largest absolute Gasteiger partial charge is 0.455 e. The standard InChI is InChI=1S/C17H16ClN3O3/c18-13-5-3-4-12(10-13)15-7-6-14(24-15)11-19-20-16(22)17(23)21-8-1-2-9-21/h3-7,10-11H,1-2,8-9H2,(H,20,22). The first-order chi connectivity index (χ1) is 11.6. The van der Waals surface area contributed by atoms with Crippen molar-refractivity contribution >= 4 is 29.6 Å². The molecule has 1 fully saturated rings. The predicted octanol–water partition coefficient (Wildman–Crippen LogP) is 2.67. The number of rotatable bonds is 3. The van der Waals surface area contributed by atoms with Gasteiger partial charge in [0.05, 0.1) is 6.21 Å². The molecule has 1 N–H and O–H groups in total. The second-order valence-corrected chi connectivity index (χ2v) is 5.85. The van der Waals surface area contributed by atoms with Crippen molar-refractivity contribution in [2.24, 2.45) is 5.10 Å². The second-order valence-electron chi connectivity index (χ2n) is 5.41. The van der Waals surface area contributed by atoms with E-state index >= 15 is 0 Å². The van der Waals surface area contributed by atoms with Gasteiger partial charge < -0.3 is 9.32 Å². The van der Waals surface area contributed by atoms with E-state index in [9.17, 15) is 9.59 Å². The van der Waals surface area contributed by atoms with Gasteiger partial charge >= 0.3 is 11.8 Å². The summed E-state index contributed by atoms with van der Waals surface area (Å²) < 4.78 is 5.61. The number of nitrogens with one attached hydrogen (secondary N) is 1. The normalized spacial score (nSPS) is 14.3. The second kappa shape index (κ2) is 7.31. The summed E-state index contributed by atoms with van der Waals surface area (Å²) in [4.78, 5) is 25.1. The molecule has 2 aromatic rings. The lowest BCUT2D eigenvalue weighted by Gasteiger charge is -2.12. The van der Waals surface area contributed by atoms with E-state index in [4.69, 9.17) is 16.0 Å². The van der Waals surface area contributed by atoms with E-state index in [-0.39, 0.29) is 0 Å². The lowest BCUT2D eigenvalue weighted by atomic mass is 10.2. The Morgan fingerprint density at radius 1 is 1.21 bits per heavy atom. The highest BCUT2D eigenvalue weighted by molar-refractivity contribution is 6.35. The van der Waals surface area contributed by atoms with E-state index in [0.717, 1.165) is 18.4 Å². The SMILES string of the molecule is O=C(NN=Cc1ccc(-c2cccc(Cl)c2)o1)C(=O)N1CCCC1. The molecule has 1 aromatic carbocycles. The topological polar surface area (TPSA) is 74.9 Å². The number of benzene rings is 1. The van der Waals surface area contributed by atoms with Crippen molar-refractivity contribution in [3.63, 3.8) is 0 Å². The maximum Gasteiger partial charge on any atom is 0.329 e. The minimum Gasteiger partial charge on any atom is -0.455 e. The van der Waals surface area contributed by atoms with Gasteiger partial charge in [-0.3, -0.25) is 9.59 Å². The van der Waals surface area contributed by atoms with Crippen LogP contribution in [0.3, 0.4) is 0 Å². The van der Waals surface area contributed by atoms with E-state index in [1.807, 2.05) is 12.1 Å². The number of hydrazone groups is 1. The smallest absolute Gasteiger partial charge is 0.329 e. The first kappa shape index (κ1) is 16.3. The highest BCUT2D eigenvalue weighted by atomic mass is 35.5. The number of halogens is 1. The molecular weight excluding hydrogens is 330 g/mol. The van der Waals surface area contributed by atoms with Crippen LogP contribution in [0, 0.1) is 0 Å². The molecule has 0 atom stereocenters. The van der Waals surface area contributed by atoms with Crippen LogP contribution in [0.1, 0.15) is 18.6 Å². The number of likely N-dealkylation sites (tertiary alicyclic amines) is 1. The number of hydrogen-bond donors (Lipinski definition) is 1. The van der Waals surface area contributed by atoms with Crippen molar-refractivity contribution in [3.8, 4) is 11.3 Å². The van der Waals surface area contributed by atoms with E-state index in [1.165, 1.54) is 11.1 Å². The fourth-order valence-corrected chi connectivity index (χ4v) is 2.68. The van der Waals surface area contributed by atoms with Gasteiger partial charge in [-0.2, -0.15) is 5.10 Å². The molecule has 1 aliphatic heterocycles. The lowest BCUT2D eigenvalue weighted by Crippen LogP contribution is -2.39. The fourth-order valence-electron chi connectivity index (χ4n) is 2.49. The summed E-state index contributed by atoms with van der Waals surface area (Å²) in [6.45, 7) is 1.24. The number of carbonyl (C=O) groups excluding carboxylic acids is 2. The van der Waals surface area contributed by atoms with Gasteiger partial charge in [0, 0.05) is 23.7 Å². The van der Waals surface area contributed by atoms with Crippen molar-refractivity contribution < 1.29 is 14.0 Å². The molecule has 0 spiro atoms. The van der Waals surface area contributed by atoms with Crippen LogP contribution < -0.4 is 5.43 Å². The Balaban J connectivity index is 1.59. The van der Waals surface area contributed by atoms with E-state index in [0.29, 0.717) is 29.6 Å². The van der Waals surface area contributed by atoms with Gasteiger partial charge in [0.2, 0.25) is 0 Å². The number of hydrogen-bond acceptors (Lipinski definition) is 4. The molecule has 0 bridgehead atoms. The predicted molar refractivity (Wildman–Crippen MR) is 90.7 cm³/mol. The average Bonchev–Trinajstić information content (AvgIpc) is 3.26. The molecule has 7 heteroatoms. The minimum absolute atomic E-state index is 0.457. The number of nitrogens with zero attached hydrogens (tertiary/aromatic N) is 2. The van der Waals surface area contributed by atoms with Crippen LogP contribution >= 0.6 is 11.6 Å². The van der Waals surface area contributed by atoms with Gasteiger partial charge in [0.25, 0.3) is 0 Å². The van der Waals surface area contributed by atoms with Gasteiger partial charge in [0.1, 0.15) is 11.5 Å². The van der Waals surface area contributed by atoms with Crippen molar-refractivity contribution in [2.75, 3.05) is 13.1 Å². The van der Waals surface area contributed by atoms with Crippen LogP contribution in [0.2, 0.25) is 5.02 Å². The summed E-state index contributed by atoms with van der Waals surface area (Å²) in [6.07, 6.45) is 3.21. The zero-order valence-electron chi connectivity index (χ0n) is 12.9. The summed E-state index contributed by atoms with van der Waals surface area (Å²) in [5.74, 6) is -0.198. The summed E-state index contributed by atoms with van der Waals surface area (Å²) in [5.41, 5.74) is 3.07. The number of amides is 2. The Labute approximate surface area is 144 Å². The zero-order chi connectivity index (χ0) is 16.9. The van der Waals surface area contributed by atoms with E-state index in [1.54, 1.807) is 24.3 Å². The Kier molecular flexibility index (Phi) is 4.96. The van der Waals surface area contributed by atoms with Crippen LogP contribution in [0.4, 0.5) is 0 Å². The van der Waals surface area contributed by atoms with Crippen LogP contribution in [0.25, 0.3) is 11.3 Å². The number of furan rings is 1. The molecule has 3 rings (SSSR count). The third-order valence-corrected chi connectivity index (χ3v) is 3.92. The van der Waals surface area contributed by atoms with Gasteiger partial charge in [-0.1, -0.05) is 23.7 Å². The summed E-state index contributed by atoms with van der Waals surface area (Å²) in [7, 11) is 0. The molecule has 2 amide bonds. The molecule has 2 heterocycles. The molecular formula is C17H16ClN3O3. The summed E-state index contributed by atoms with van der Waals surface area (Å²) in [6, 6.07) is 10.8. The van der Waals surface area contributed by atoms with Gasteiger partial charge in [-0.15, -0.1) is 0 Å². The van der Waals surface area contributed by atoms with Gasteiger partial charge in [-0.05, 0) is 37.1 Å². The van der Waals surface area contributed by atoms with Gasteiger partial charge in [0.15, 0.2) is 0 Å². The first-order valence-electron chi connectivity index (χ1n) is 7.61. The number of carbonyl (C=O) groups is 2. The Hall–Kier alpha value is -2.60. The lowest BCUT2D eigenvalue weighted by molar-refractivity contribution is -0.145. The molecule has 6 nitrogen and oxygen atoms in total. The molecule has 1 saturated heterocycles. The maximum absolute atomic E-state index is 11.8. The fraction of sp³-hybridized carbons (Fsp3) is 0.235. The maximum atomic E-state index is 11.8. The molecule has 1 aromatic heterocycles. The van der Waals surface area contributed by atoms with Crippen LogP contribution in [-0.2, 0) is 9.59 Å². The van der Waals surface area contributed by atoms with Crippen LogP contribution in [0.5, 0.6) is 0 Å². The Morgan fingerprint density at radius 3 is 2.75 bits per heavy atom. The van der Waals surface area contributed by atoms with Gasteiger partial charge in [-0.25, -0.2) is 5.43 Å². The zero-order valence-corrected chi connectivity index (χ0v) is 13.6. The van der Waals surface area contributed by atoms with Crippen molar-refractivity contribution in [2.45, 2.75) is 12.8 Å². The van der Waals surface area contributed by atoms with Crippen molar-refractivity contribution in [1.29, 1.82) is 0 Å². The Morgan fingerprint density at radius 2 is 2.00 bits per heavy atom. The van der Waals surface area contributed by atoms with Crippen LogP contribution in [-0.4, -0.2) is 36.0 Å². The molecule has 0 aliphatic carbocycles. The monoisotopic (exact) mass is 345 g/mol. The summed E-state index contributed by atoms with van der Waals surface area (Å²) in [5, 5.41) is 4.38. The first-order valence-corrected chi connectivity index (χ1v) is 7.99. The van der Waals surface area contributed by atoms with Crippen molar-refractivity contribution in [3.05, 3.63) is 47.2 Å². The molecule has 24 heavy (non-hydrogen) atoms. The molecule has 0 unspecified atom stereocenters. The summed E-state index contributed by atoms with van der Waals surface area (Å²) >= 11 is 5.95. The average molecular weight is 346 g/mol. The minimum atomic E-state index is -0.741. The highest BCUT2D eigenvalue weighted by Gasteiger charge is 2.23. The third kappa shape index (κ3) is 3.83. The van der Waals surface area contributed by atoms with Crippen LogP contribution in [0.15, 0.2) is 45.9 Å². The highest BCUT2D eigenvalue weighted by Crippen LogP contribution is 2.24. The van der Waals surface area contributed by atoms with E-state index < -0.39 is 11.8 Å².